The largest absolute Gasteiger partial charge is 0.334 e. The van der Waals surface area contributed by atoms with E-state index < -0.39 is 17.6 Å². The van der Waals surface area contributed by atoms with Crippen molar-refractivity contribution >= 4 is 17.5 Å². The molecule has 0 radical (unpaired) electrons. The molecule has 114 valence electrons. The van der Waals surface area contributed by atoms with Crippen LogP contribution in [0.3, 0.4) is 0 Å². The number of carbonyl (C=O) groups excluding carboxylic acids is 2. The Balaban J connectivity index is 2.00. The van der Waals surface area contributed by atoms with Gasteiger partial charge in [-0.2, -0.15) is 0 Å². The first kappa shape index (κ1) is 15.4. The molecule has 2 unspecified atom stereocenters. The number of nitrogens with zero attached hydrogens (tertiary/aromatic N) is 1. The lowest BCUT2D eigenvalue weighted by Gasteiger charge is -2.17. The Labute approximate surface area is 123 Å². The number of hydrogen-bond acceptors (Lipinski definition) is 3. The zero-order chi connectivity index (χ0) is 15.6. The van der Waals surface area contributed by atoms with E-state index in [1.807, 2.05) is 6.92 Å². The zero-order valence-electron chi connectivity index (χ0n) is 12.2. The van der Waals surface area contributed by atoms with Crippen molar-refractivity contribution in [3.8, 4) is 0 Å². The van der Waals surface area contributed by atoms with Crippen LogP contribution in [0.4, 0.5) is 10.1 Å². The van der Waals surface area contributed by atoms with Crippen LogP contribution in [0.1, 0.15) is 18.9 Å². The van der Waals surface area contributed by atoms with Crippen molar-refractivity contribution in [2.45, 2.75) is 26.3 Å². The summed E-state index contributed by atoms with van der Waals surface area (Å²) in [5, 5.41) is 2.34. The summed E-state index contributed by atoms with van der Waals surface area (Å²) in [6.45, 7) is 4.65. The van der Waals surface area contributed by atoms with E-state index in [0.717, 1.165) is 12.0 Å². The summed E-state index contributed by atoms with van der Waals surface area (Å²) >= 11 is 0. The second kappa shape index (κ2) is 6.22. The minimum absolute atomic E-state index is 0.0138. The quantitative estimate of drug-likeness (QED) is 0.806. The molecule has 2 atom stereocenters. The number of aryl methyl sites for hydroxylation is 1. The van der Waals surface area contributed by atoms with E-state index in [4.69, 9.17) is 5.73 Å². The number of benzene rings is 1. The topological polar surface area (TPSA) is 75.4 Å². The second-order valence-corrected chi connectivity index (χ2v) is 5.60. The lowest BCUT2D eigenvalue weighted by atomic mass is 10.0. The van der Waals surface area contributed by atoms with Crippen LogP contribution in [0.25, 0.3) is 0 Å². The van der Waals surface area contributed by atoms with Crippen LogP contribution in [-0.4, -0.2) is 35.8 Å². The number of amides is 2. The summed E-state index contributed by atoms with van der Waals surface area (Å²) in [5.74, 6) is -1.81. The van der Waals surface area contributed by atoms with Crippen LogP contribution in [0.5, 0.6) is 0 Å². The zero-order valence-corrected chi connectivity index (χ0v) is 12.2. The monoisotopic (exact) mass is 293 g/mol. The third kappa shape index (κ3) is 3.58. The van der Waals surface area contributed by atoms with E-state index in [1.54, 1.807) is 13.0 Å². The summed E-state index contributed by atoms with van der Waals surface area (Å²) in [6, 6.07) is 4.34. The first-order valence-corrected chi connectivity index (χ1v) is 7.00. The fraction of sp³-hybridized carbons (Fsp3) is 0.467. The van der Waals surface area contributed by atoms with Gasteiger partial charge in [-0.15, -0.1) is 0 Å². The van der Waals surface area contributed by atoms with E-state index in [-0.39, 0.29) is 17.6 Å². The molecule has 0 aromatic heterocycles. The fourth-order valence-corrected chi connectivity index (χ4v) is 2.46. The van der Waals surface area contributed by atoms with E-state index in [9.17, 15) is 14.0 Å². The van der Waals surface area contributed by atoms with Gasteiger partial charge in [0.2, 0.25) is 0 Å². The smallest absolute Gasteiger partial charge is 0.313 e. The van der Waals surface area contributed by atoms with Crippen LogP contribution in [-0.2, 0) is 9.59 Å². The average Bonchev–Trinajstić information content (AvgIpc) is 2.91. The van der Waals surface area contributed by atoms with Crippen molar-refractivity contribution in [2.24, 2.45) is 11.7 Å². The highest BCUT2D eigenvalue weighted by molar-refractivity contribution is 6.39. The molecule has 1 aliphatic heterocycles. The Hall–Kier alpha value is -1.95. The van der Waals surface area contributed by atoms with Gasteiger partial charge in [0.1, 0.15) is 5.82 Å². The summed E-state index contributed by atoms with van der Waals surface area (Å²) in [5.41, 5.74) is 6.64. The summed E-state index contributed by atoms with van der Waals surface area (Å²) in [4.78, 5) is 25.5. The molecule has 1 aliphatic rings. The Morgan fingerprint density at radius 1 is 1.48 bits per heavy atom. The number of nitrogens with two attached hydrogens (primary N) is 1. The van der Waals surface area contributed by atoms with Crippen molar-refractivity contribution in [2.75, 3.05) is 18.4 Å². The molecule has 1 fully saturated rings. The summed E-state index contributed by atoms with van der Waals surface area (Å²) in [7, 11) is 0. The molecule has 6 heteroatoms. The third-order valence-electron chi connectivity index (χ3n) is 3.82. The molecule has 2 amide bonds. The minimum Gasteiger partial charge on any atom is -0.334 e. The maximum atomic E-state index is 13.6. The molecule has 1 heterocycles. The van der Waals surface area contributed by atoms with Gasteiger partial charge in [-0.25, -0.2) is 4.39 Å². The number of carbonyl (C=O) groups is 2. The molecule has 5 nitrogen and oxygen atoms in total. The summed E-state index contributed by atoms with van der Waals surface area (Å²) < 4.78 is 13.6. The van der Waals surface area contributed by atoms with E-state index in [1.165, 1.54) is 17.0 Å². The van der Waals surface area contributed by atoms with Gasteiger partial charge in [0.05, 0.1) is 5.69 Å². The third-order valence-corrected chi connectivity index (χ3v) is 3.82. The van der Waals surface area contributed by atoms with E-state index in [2.05, 4.69) is 5.32 Å². The Kier molecular flexibility index (Phi) is 4.57. The predicted molar refractivity (Wildman–Crippen MR) is 78.1 cm³/mol. The van der Waals surface area contributed by atoms with Gasteiger partial charge in [0.25, 0.3) is 0 Å². The van der Waals surface area contributed by atoms with Crippen molar-refractivity contribution in [3.05, 3.63) is 29.6 Å². The van der Waals surface area contributed by atoms with Crippen LogP contribution < -0.4 is 11.1 Å². The van der Waals surface area contributed by atoms with Crippen LogP contribution >= 0.6 is 0 Å². The van der Waals surface area contributed by atoms with Crippen LogP contribution in [0.15, 0.2) is 18.2 Å². The lowest BCUT2D eigenvalue weighted by Crippen LogP contribution is -2.39. The van der Waals surface area contributed by atoms with Crippen molar-refractivity contribution in [1.29, 1.82) is 0 Å². The number of likely N-dealkylation sites (tertiary alicyclic amines) is 1. The van der Waals surface area contributed by atoms with Gasteiger partial charge in [-0.05, 0) is 43.9 Å². The molecule has 0 aliphatic carbocycles. The molecule has 3 N–H and O–H groups in total. The number of halogens is 1. The number of rotatable bonds is 2. The molecule has 21 heavy (non-hydrogen) atoms. The summed E-state index contributed by atoms with van der Waals surface area (Å²) in [6.07, 6.45) is 0.787. The maximum absolute atomic E-state index is 13.6. The Bertz CT molecular complexity index is 560. The lowest BCUT2D eigenvalue weighted by molar-refractivity contribution is -0.142. The number of anilines is 1. The van der Waals surface area contributed by atoms with Gasteiger partial charge < -0.3 is 16.0 Å². The molecular formula is C15H20FN3O2. The molecule has 0 bridgehead atoms. The van der Waals surface area contributed by atoms with E-state index in [0.29, 0.717) is 13.1 Å². The minimum atomic E-state index is -0.815. The van der Waals surface area contributed by atoms with Gasteiger partial charge in [0.15, 0.2) is 0 Å². The highest BCUT2D eigenvalue weighted by Crippen LogP contribution is 2.20. The standard InChI is InChI=1S/C15H20FN3O2/c1-9-3-4-12(16)13(7-9)18-14(20)15(21)19-6-5-11(8-19)10(2)17/h3-4,7,10-11H,5-6,8,17H2,1-2H3,(H,18,20). The van der Waals surface area contributed by atoms with Crippen molar-refractivity contribution in [1.82, 2.24) is 4.90 Å². The Morgan fingerprint density at radius 3 is 2.81 bits per heavy atom. The Morgan fingerprint density at radius 2 is 2.19 bits per heavy atom. The van der Waals surface area contributed by atoms with Gasteiger partial charge in [0, 0.05) is 19.1 Å². The van der Waals surface area contributed by atoms with Gasteiger partial charge in [-0.1, -0.05) is 6.07 Å². The van der Waals surface area contributed by atoms with Gasteiger partial charge in [-0.3, -0.25) is 9.59 Å². The number of hydrogen-bond donors (Lipinski definition) is 2. The van der Waals surface area contributed by atoms with Crippen LogP contribution in [0.2, 0.25) is 0 Å². The molecular weight excluding hydrogens is 273 g/mol. The molecule has 1 aromatic carbocycles. The molecule has 1 aromatic rings. The molecule has 0 spiro atoms. The number of nitrogens with one attached hydrogen (secondary N) is 1. The average molecular weight is 293 g/mol. The second-order valence-electron chi connectivity index (χ2n) is 5.60. The highest BCUT2D eigenvalue weighted by Gasteiger charge is 2.31. The predicted octanol–water partition coefficient (Wildman–Crippen LogP) is 1.27. The van der Waals surface area contributed by atoms with Crippen molar-refractivity contribution < 1.29 is 14.0 Å². The molecule has 2 rings (SSSR count). The molecule has 1 saturated heterocycles. The molecule has 0 saturated carbocycles. The van der Waals surface area contributed by atoms with Crippen LogP contribution in [0, 0.1) is 18.7 Å². The maximum Gasteiger partial charge on any atom is 0.313 e. The first-order valence-electron chi connectivity index (χ1n) is 7.00. The van der Waals surface area contributed by atoms with Gasteiger partial charge >= 0.3 is 11.8 Å². The first-order chi connectivity index (χ1) is 9.88. The SMILES string of the molecule is Cc1ccc(F)c(NC(=O)C(=O)N2CCC(C(C)N)C2)c1. The normalized spacial score (nSPS) is 19.4. The van der Waals surface area contributed by atoms with Crippen molar-refractivity contribution in [3.63, 3.8) is 0 Å². The fourth-order valence-electron chi connectivity index (χ4n) is 2.46. The highest BCUT2D eigenvalue weighted by atomic mass is 19.1. The van der Waals surface area contributed by atoms with E-state index >= 15 is 0 Å².